The van der Waals surface area contributed by atoms with Crippen molar-refractivity contribution in [3.05, 3.63) is 29.3 Å². The summed E-state index contributed by atoms with van der Waals surface area (Å²) in [7, 11) is 0. The molecule has 1 aromatic carbocycles. The van der Waals surface area contributed by atoms with Gasteiger partial charge in [0.25, 0.3) is 0 Å². The fourth-order valence-corrected chi connectivity index (χ4v) is 2.43. The minimum atomic E-state index is -0.275. The van der Waals surface area contributed by atoms with E-state index in [0.717, 1.165) is 18.6 Å². The fourth-order valence-electron chi connectivity index (χ4n) is 2.43. The summed E-state index contributed by atoms with van der Waals surface area (Å²) >= 11 is 0. The molecule has 1 aromatic rings. The lowest BCUT2D eigenvalue weighted by Crippen LogP contribution is -2.21. The summed E-state index contributed by atoms with van der Waals surface area (Å²) in [4.78, 5) is 10.8. The SMILES string of the molecule is CCC(C)(C)c1ccc(OCCCC(N)=O)c(C(C)(C)CC)c1. The van der Waals surface area contributed by atoms with Crippen molar-refractivity contribution in [2.75, 3.05) is 6.61 Å². The molecule has 0 bridgehead atoms. The quantitative estimate of drug-likeness (QED) is 0.670. The summed E-state index contributed by atoms with van der Waals surface area (Å²) in [6.45, 7) is 14.0. The number of rotatable bonds is 9. The Morgan fingerprint density at radius 3 is 2.22 bits per heavy atom. The van der Waals surface area contributed by atoms with Gasteiger partial charge >= 0.3 is 0 Å². The maximum atomic E-state index is 10.8. The third-order valence-corrected chi connectivity index (χ3v) is 5.08. The van der Waals surface area contributed by atoms with E-state index in [1.54, 1.807) is 0 Å². The summed E-state index contributed by atoms with van der Waals surface area (Å²) in [5.41, 5.74) is 7.99. The molecular formula is C20H33NO2. The molecule has 130 valence electrons. The van der Waals surface area contributed by atoms with Crippen LogP contribution in [0.25, 0.3) is 0 Å². The lowest BCUT2D eigenvalue weighted by Gasteiger charge is -2.30. The molecule has 23 heavy (non-hydrogen) atoms. The lowest BCUT2D eigenvalue weighted by atomic mass is 9.76. The largest absolute Gasteiger partial charge is 0.493 e. The van der Waals surface area contributed by atoms with Crippen LogP contribution in [0.3, 0.4) is 0 Å². The van der Waals surface area contributed by atoms with E-state index in [0.29, 0.717) is 19.4 Å². The first-order valence-corrected chi connectivity index (χ1v) is 8.70. The van der Waals surface area contributed by atoms with Crippen molar-refractivity contribution >= 4 is 5.91 Å². The topological polar surface area (TPSA) is 52.3 Å². The van der Waals surface area contributed by atoms with Gasteiger partial charge in [0, 0.05) is 12.0 Å². The van der Waals surface area contributed by atoms with Gasteiger partial charge in [-0.15, -0.1) is 0 Å². The third-order valence-electron chi connectivity index (χ3n) is 5.08. The third kappa shape index (κ3) is 5.26. The number of carbonyl (C=O) groups is 1. The van der Waals surface area contributed by atoms with Crippen LogP contribution >= 0.6 is 0 Å². The molecule has 0 aromatic heterocycles. The van der Waals surface area contributed by atoms with E-state index < -0.39 is 0 Å². The van der Waals surface area contributed by atoms with Gasteiger partial charge in [-0.1, -0.05) is 53.7 Å². The van der Waals surface area contributed by atoms with Crippen LogP contribution < -0.4 is 10.5 Å². The number of carbonyl (C=O) groups excluding carboxylic acids is 1. The van der Waals surface area contributed by atoms with Crippen LogP contribution in [0, 0.1) is 0 Å². The molecule has 0 saturated heterocycles. The molecule has 3 nitrogen and oxygen atoms in total. The van der Waals surface area contributed by atoms with E-state index in [9.17, 15) is 4.79 Å². The average molecular weight is 319 g/mol. The van der Waals surface area contributed by atoms with Gasteiger partial charge in [0.05, 0.1) is 6.61 Å². The molecule has 1 rings (SSSR count). The van der Waals surface area contributed by atoms with E-state index in [-0.39, 0.29) is 16.7 Å². The van der Waals surface area contributed by atoms with Crippen molar-refractivity contribution < 1.29 is 9.53 Å². The Labute approximate surface area is 141 Å². The van der Waals surface area contributed by atoms with Crippen molar-refractivity contribution in [3.63, 3.8) is 0 Å². The molecule has 0 aliphatic heterocycles. The molecule has 0 atom stereocenters. The summed E-state index contributed by atoms with van der Waals surface area (Å²) in [5, 5.41) is 0. The van der Waals surface area contributed by atoms with Crippen molar-refractivity contribution in [1.29, 1.82) is 0 Å². The van der Waals surface area contributed by atoms with Crippen LogP contribution in [-0.2, 0) is 15.6 Å². The minimum Gasteiger partial charge on any atom is -0.493 e. The molecule has 0 aliphatic carbocycles. The Balaban J connectivity index is 3.07. The van der Waals surface area contributed by atoms with Crippen LogP contribution in [0.15, 0.2) is 18.2 Å². The van der Waals surface area contributed by atoms with E-state index in [1.807, 2.05) is 0 Å². The Kier molecular flexibility index (Phi) is 6.67. The van der Waals surface area contributed by atoms with Crippen LogP contribution in [0.1, 0.15) is 78.4 Å². The summed E-state index contributed by atoms with van der Waals surface area (Å²) in [5.74, 6) is 0.653. The molecule has 0 saturated carbocycles. The van der Waals surface area contributed by atoms with E-state index >= 15 is 0 Å². The molecule has 1 amide bonds. The zero-order valence-corrected chi connectivity index (χ0v) is 15.7. The van der Waals surface area contributed by atoms with Gasteiger partial charge in [0.2, 0.25) is 5.91 Å². The van der Waals surface area contributed by atoms with Crippen molar-refractivity contribution in [2.45, 2.75) is 78.1 Å². The van der Waals surface area contributed by atoms with Gasteiger partial charge in [0.15, 0.2) is 0 Å². The first kappa shape index (κ1) is 19.5. The lowest BCUT2D eigenvalue weighted by molar-refractivity contribution is -0.118. The van der Waals surface area contributed by atoms with Gasteiger partial charge in [-0.3, -0.25) is 4.79 Å². The average Bonchev–Trinajstić information content (AvgIpc) is 2.51. The molecule has 0 fully saturated rings. The normalized spacial score (nSPS) is 12.3. The standard InChI is InChI=1S/C20H33NO2/c1-7-19(3,4)15-11-12-17(23-13-9-10-18(21)22)16(14-15)20(5,6)8-2/h11-12,14H,7-10,13H2,1-6H3,(H2,21,22). The second-order valence-electron chi connectivity index (χ2n) is 7.60. The molecule has 2 N–H and O–H groups in total. The predicted molar refractivity (Wildman–Crippen MR) is 97.0 cm³/mol. The van der Waals surface area contributed by atoms with E-state index in [2.05, 4.69) is 59.7 Å². The van der Waals surface area contributed by atoms with E-state index in [4.69, 9.17) is 10.5 Å². The number of benzene rings is 1. The first-order valence-electron chi connectivity index (χ1n) is 8.70. The predicted octanol–water partition coefficient (Wildman–Crippen LogP) is 4.71. The van der Waals surface area contributed by atoms with E-state index in [1.165, 1.54) is 11.1 Å². The first-order chi connectivity index (χ1) is 10.6. The van der Waals surface area contributed by atoms with Crippen molar-refractivity contribution in [3.8, 4) is 5.75 Å². The van der Waals surface area contributed by atoms with Crippen LogP contribution in [0.5, 0.6) is 5.75 Å². The number of primary amides is 1. The maximum Gasteiger partial charge on any atom is 0.217 e. The molecule has 0 radical (unpaired) electrons. The Morgan fingerprint density at radius 2 is 1.70 bits per heavy atom. The van der Waals surface area contributed by atoms with Crippen molar-refractivity contribution in [2.24, 2.45) is 5.73 Å². The smallest absolute Gasteiger partial charge is 0.217 e. The van der Waals surface area contributed by atoms with Gasteiger partial charge in [-0.05, 0) is 41.7 Å². The second-order valence-corrected chi connectivity index (χ2v) is 7.60. The monoisotopic (exact) mass is 319 g/mol. The zero-order valence-electron chi connectivity index (χ0n) is 15.7. The molecule has 0 heterocycles. The highest BCUT2D eigenvalue weighted by atomic mass is 16.5. The van der Waals surface area contributed by atoms with Gasteiger partial charge < -0.3 is 10.5 Å². The highest BCUT2D eigenvalue weighted by Gasteiger charge is 2.26. The van der Waals surface area contributed by atoms with Crippen LogP contribution in [0.4, 0.5) is 0 Å². The zero-order chi connectivity index (χ0) is 17.7. The van der Waals surface area contributed by atoms with Gasteiger partial charge in [-0.2, -0.15) is 0 Å². The number of hydrogen-bond acceptors (Lipinski definition) is 2. The molecular weight excluding hydrogens is 286 g/mol. The maximum absolute atomic E-state index is 10.8. The summed E-state index contributed by atoms with van der Waals surface area (Å²) < 4.78 is 5.97. The van der Waals surface area contributed by atoms with Crippen LogP contribution in [0.2, 0.25) is 0 Å². The number of nitrogens with two attached hydrogens (primary N) is 1. The Hall–Kier alpha value is -1.51. The Morgan fingerprint density at radius 1 is 1.09 bits per heavy atom. The second kappa shape index (κ2) is 7.85. The van der Waals surface area contributed by atoms with Gasteiger partial charge in [0.1, 0.15) is 5.75 Å². The molecule has 0 spiro atoms. The number of amides is 1. The minimum absolute atomic E-state index is 0.0544. The molecule has 0 aliphatic rings. The number of ether oxygens (including phenoxy) is 1. The highest BCUT2D eigenvalue weighted by Crippen LogP contribution is 2.38. The fraction of sp³-hybridized carbons (Fsp3) is 0.650. The summed E-state index contributed by atoms with van der Waals surface area (Å²) in [6.07, 6.45) is 3.16. The summed E-state index contributed by atoms with van der Waals surface area (Å²) in [6, 6.07) is 6.56. The molecule has 3 heteroatoms. The highest BCUT2D eigenvalue weighted by molar-refractivity contribution is 5.73. The van der Waals surface area contributed by atoms with Gasteiger partial charge in [-0.25, -0.2) is 0 Å². The van der Waals surface area contributed by atoms with Crippen LogP contribution in [-0.4, -0.2) is 12.5 Å². The van der Waals surface area contributed by atoms with Crippen molar-refractivity contribution in [1.82, 2.24) is 0 Å². The molecule has 0 unspecified atom stereocenters. The Bertz CT molecular complexity index is 532. The number of hydrogen-bond donors (Lipinski definition) is 1.